The second kappa shape index (κ2) is 5.22. The number of piperazine rings is 1. The molecular formula is C15H21FN2O2. The van der Waals surface area contributed by atoms with Gasteiger partial charge in [-0.05, 0) is 37.1 Å². The van der Waals surface area contributed by atoms with Gasteiger partial charge in [0.25, 0.3) is 0 Å². The van der Waals surface area contributed by atoms with Gasteiger partial charge in [0.05, 0.1) is 0 Å². The van der Waals surface area contributed by atoms with Crippen LogP contribution in [0.4, 0.5) is 4.39 Å². The standard InChI is InChI=1S/C15H21FN2O2/c1-15(2,16)12-8-14-13(19-10-20-14)7-11(12)9-18-5-3-17-4-6-18/h7-8,17H,3-6,9-10H2,1-2H3. The maximum Gasteiger partial charge on any atom is 0.231 e. The first kappa shape index (κ1) is 13.6. The van der Waals surface area contributed by atoms with Crippen LogP contribution in [0.25, 0.3) is 0 Å². The molecule has 0 saturated carbocycles. The van der Waals surface area contributed by atoms with Gasteiger partial charge in [0.2, 0.25) is 6.79 Å². The highest BCUT2D eigenvalue weighted by Crippen LogP contribution is 2.40. The van der Waals surface area contributed by atoms with E-state index in [9.17, 15) is 4.39 Å². The van der Waals surface area contributed by atoms with Gasteiger partial charge in [-0.25, -0.2) is 4.39 Å². The van der Waals surface area contributed by atoms with Crippen molar-refractivity contribution in [1.29, 1.82) is 0 Å². The quantitative estimate of drug-likeness (QED) is 0.918. The van der Waals surface area contributed by atoms with Gasteiger partial charge in [0.1, 0.15) is 5.67 Å². The van der Waals surface area contributed by atoms with E-state index in [1.54, 1.807) is 19.9 Å². The molecule has 1 fully saturated rings. The lowest BCUT2D eigenvalue weighted by atomic mass is 9.93. The normalized spacial score (nSPS) is 19.4. The van der Waals surface area contributed by atoms with Crippen LogP contribution < -0.4 is 14.8 Å². The number of rotatable bonds is 3. The first-order valence-electron chi connectivity index (χ1n) is 7.09. The highest BCUT2D eigenvalue weighted by Gasteiger charge is 2.28. The largest absolute Gasteiger partial charge is 0.454 e. The van der Waals surface area contributed by atoms with Crippen molar-refractivity contribution >= 4 is 0 Å². The third kappa shape index (κ3) is 2.74. The zero-order valence-corrected chi connectivity index (χ0v) is 12.0. The zero-order chi connectivity index (χ0) is 14.2. The van der Waals surface area contributed by atoms with Gasteiger partial charge >= 0.3 is 0 Å². The molecule has 4 nitrogen and oxygen atoms in total. The van der Waals surface area contributed by atoms with E-state index < -0.39 is 5.67 Å². The number of halogens is 1. The predicted octanol–water partition coefficient (Wildman–Crippen LogP) is 2.03. The van der Waals surface area contributed by atoms with E-state index in [2.05, 4.69) is 10.2 Å². The van der Waals surface area contributed by atoms with Gasteiger partial charge in [-0.1, -0.05) is 0 Å². The molecule has 1 aromatic rings. The van der Waals surface area contributed by atoms with Crippen LogP contribution in [0.3, 0.4) is 0 Å². The lowest BCUT2D eigenvalue weighted by Crippen LogP contribution is -2.43. The molecule has 1 N–H and O–H groups in total. The molecular weight excluding hydrogens is 259 g/mol. The molecule has 0 spiro atoms. The van der Waals surface area contributed by atoms with E-state index in [0.717, 1.165) is 44.0 Å². The first-order chi connectivity index (χ1) is 9.54. The van der Waals surface area contributed by atoms with Crippen molar-refractivity contribution in [3.8, 4) is 11.5 Å². The summed E-state index contributed by atoms with van der Waals surface area (Å²) in [4.78, 5) is 2.34. The van der Waals surface area contributed by atoms with Crippen molar-refractivity contribution in [1.82, 2.24) is 10.2 Å². The average Bonchev–Trinajstić information content (AvgIpc) is 2.85. The Balaban J connectivity index is 1.91. The Morgan fingerprint density at radius 2 is 1.85 bits per heavy atom. The summed E-state index contributed by atoms with van der Waals surface area (Å²) in [7, 11) is 0. The number of nitrogens with zero attached hydrogens (tertiary/aromatic N) is 1. The van der Waals surface area contributed by atoms with Crippen LogP contribution in [0.5, 0.6) is 11.5 Å². The lowest BCUT2D eigenvalue weighted by molar-refractivity contribution is 0.173. The van der Waals surface area contributed by atoms with Crippen molar-refractivity contribution in [2.75, 3.05) is 33.0 Å². The monoisotopic (exact) mass is 280 g/mol. The van der Waals surface area contributed by atoms with Crippen LogP contribution in [0.15, 0.2) is 12.1 Å². The number of hydrogen-bond acceptors (Lipinski definition) is 4. The minimum Gasteiger partial charge on any atom is -0.454 e. The molecule has 1 saturated heterocycles. The number of ether oxygens (including phenoxy) is 2. The van der Waals surface area contributed by atoms with Crippen LogP contribution in [-0.4, -0.2) is 37.9 Å². The highest BCUT2D eigenvalue weighted by molar-refractivity contribution is 5.50. The van der Waals surface area contributed by atoms with Crippen LogP contribution in [-0.2, 0) is 12.2 Å². The van der Waals surface area contributed by atoms with Crippen molar-refractivity contribution in [3.63, 3.8) is 0 Å². The molecule has 0 bridgehead atoms. The third-order valence-corrected chi connectivity index (χ3v) is 3.84. The van der Waals surface area contributed by atoms with Gasteiger partial charge in [-0.15, -0.1) is 0 Å². The Morgan fingerprint density at radius 3 is 2.50 bits per heavy atom. The molecule has 20 heavy (non-hydrogen) atoms. The van der Waals surface area contributed by atoms with E-state index in [-0.39, 0.29) is 6.79 Å². The fourth-order valence-electron chi connectivity index (χ4n) is 2.78. The second-order valence-electron chi connectivity index (χ2n) is 5.86. The fraction of sp³-hybridized carbons (Fsp3) is 0.600. The number of benzene rings is 1. The molecule has 0 radical (unpaired) electrons. The Hall–Kier alpha value is -1.33. The number of nitrogens with one attached hydrogen (secondary N) is 1. The summed E-state index contributed by atoms with van der Waals surface area (Å²) in [6, 6.07) is 3.72. The molecule has 0 unspecified atom stereocenters. The van der Waals surface area contributed by atoms with E-state index >= 15 is 0 Å². The van der Waals surface area contributed by atoms with Gasteiger partial charge in [0, 0.05) is 32.7 Å². The van der Waals surface area contributed by atoms with Gasteiger partial charge in [-0.2, -0.15) is 0 Å². The van der Waals surface area contributed by atoms with Gasteiger partial charge in [0.15, 0.2) is 11.5 Å². The lowest BCUT2D eigenvalue weighted by Gasteiger charge is -2.29. The molecule has 2 aliphatic heterocycles. The number of fused-ring (bicyclic) bond motifs is 1. The van der Waals surface area contributed by atoms with Crippen LogP contribution in [0, 0.1) is 0 Å². The van der Waals surface area contributed by atoms with E-state index in [4.69, 9.17) is 9.47 Å². The Labute approximate surface area is 118 Å². The van der Waals surface area contributed by atoms with Gasteiger partial charge < -0.3 is 14.8 Å². The van der Waals surface area contributed by atoms with Gasteiger partial charge in [-0.3, -0.25) is 4.90 Å². The van der Waals surface area contributed by atoms with Crippen molar-refractivity contribution < 1.29 is 13.9 Å². The number of alkyl halides is 1. The Kier molecular flexibility index (Phi) is 3.56. The summed E-state index contributed by atoms with van der Waals surface area (Å²) < 4.78 is 25.3. The molecule has 2 heterocycles. The summed E-state index contributed by atoms with van der Waals surface area (Å²) in [6.45, 7) is 8.09. The summed E-state index contributed by atoms with van der Waals surface area (Å²) in [5.41, 5.74) is 0.300. The molecule has 110 valence electrons. The van der Waals surface area contributed by atoms with Crippen LogP contribution >= 0.6 is 0 Å². The first-order valence-corrected chi connectivity index (χ1v) is 7.09. The molecule has 1 aromatic carbocycles. The predicted molar refractivity (Wildman–Crippen MR) is 74.8 cm³/mol. The molecule has 0 amide bonds. The summed E-state index contributed by atoms with van der Waals surface area (Å²) >= 11 is 0. The topological polar surface area (TPSA) is 33.7 Å². The molecule has 2 aliphatic rings. The summed E-state index contributed by atoms with van der Waals surface area (Å²) in [6.07, 6.45) is 0. The van der Waals surface area contributed by atoms with E-state index in [1.807, 2.05) is 6.07 Å². The van der Waals surface area contributed by atoms with E-state index in [1.165, 1.54) is 0 Å². The SMILES string of the molecule is CC(C)(F)c1cc2c(cc1CN1CCNCC1)OCO2. The zero-order valence-electron chi connectivity index (χ0n) is 12.0. The van der Waals surface area contributed by atoms with E-state index in [0.29, 0.717) is 11.3 Å². The minimum absolute atomic E-state index is 0.221. The highest BCUT2D eigenvalue weighted by atomic mass is 19.1. The third-order valence-electron chi connectivity index (χ3n) is 3.84. The van der Waals surface area contributed by atoms with Crippen LogP contribution in [0.2, 0.25) is 0 Å². The average molecular weight is 280 g/mol. The summed E-state index contributed by atoms with van der Waals surface area (Å²) in [5, 5.41) is 3.33. The Bertz CT molecular complexity index is 493. The number of hydrogen-bond donors (Lipinski definition) is 1. The molecule has 0 aliphatic carbocycles. The van der Waals surface area contributed by atoms with Crippen molar-refractivity contribution in [2.24, 2.45) is 0 Å². The molecule has 0 atom stereocenters. The summed E-state index contributed by atoms with van der Waals surface area (Å²) in [5.74, 6) is 1.37. The fourth-order valence-corrected chi connectivity index (χ4v) is 2.78. The molecule has 0 aromatic heterocycles. The maximum absolute atomic E-state index is 14.5. The maximum atomic E-state index is 14.5. The van der Waals surface area contributed by atoms with Crippen LogP contribution in [0.1, 0.15) is 25.0 Å². The van der Waals surface area contributed by atoms with Crippen molar-refractivity contribution in [3.05, 3.63) is 23.3 Å². The smallest absolute Gasteiger partial charge is 0.231 e. The van der Waals surface area contributed by atoms with Crippen molar-refractivity contribution in [2.45, 2.75) is 26.1 Å². The molecule has 3 rings (SSSR count). The molecule has 5 heteroatoms. The second-order valence-corrected chi connectivity index (χ2v) is 5.86. The minimum atomic E-state index is -1.38. The Morgan fingerprint density at radius 1 is 1.20 bits per heavy atom.